The van der Waals surface area contributed by atoms with Crippen LogP contribution in [-0.4, -0.2) is 6.54 Å². The van der Waals surface area contributed by atoms with Crippen LogP contribution in [0.2, 0.25) is 0 Å². The van der Waals surface area contributed by atoms with Crippen LogP contribution in [0.15, 0.2) is 40.9 Å². The molecule has 20 heavy (non-hydrogen) atoms. The van der Waals surface area contributed by atoms with Crippen LogP contribution in [0.1, 0.15) is 45.2 Å². The fourth-order valence-corrected chi connectivity index (χ4v) is 3.19. The fraction of sp³-hybridized carbons (Fsp3) is 0.444. The molecule has 2 aromatic carbocycles. The van der Waals surface area contributed by atoms with Gasteiger partial charge in [0.15, 0.2) is 0 Å². The van der Waals surface area contributed by atoms with Crippen molar-refractivity contribution in [3.63, 3.8) is 0 Å². The lowest BCUT2D eigenvalue weighted by Gasteiger charge is -2.26. The molecule has 0 aliphatic heterocycles. The highest BCUT2D eigenvalue weighted by molar-refractivity contribution is 9.10. The standard InChI is InChI=1S/C18H24BrN/c1-4-12-20-18(13(3)5-2)16-10-11-17(19)15-9-7-6-8-14(15)16/h6-11,13,18,20H,4-5,12H2,1-3H3. The van der Waals surface area contributed by atoms with E-state index in [1.807, 2.05) is 0 Å². The molecule has 108 valence electrons. The van der Waals surface area contributed by atoms with Gasteiger partial charge in [0.2, 0.25) is 0 Å². The van der Waals surface area contributed by atoms with Crippen LogP contribution in [0.3, 0.4) is 0 Å². The lowest BCUT2D eigenvalue weighted by Crippen LogP contribution is -2.27. The van der Waals surface area contributed by atoms with E-state index in [9.17, 15) is 0 Å². The van der Waals surface area contributed by atoms with E-state index in [0.717, 1.165) is 6.54 Å². The van der Waals surface area contributed by atoms with E-state index in [1.54, 1.807) is 0 Å². The molecule has 0 fully saturated rings. The molecule has 0 saturated carbocycles. The van der Waals surface area contributed by atoms with Gasteiger partial charge in [0.1, 0.15) is 0 Å². The van der Waals surface area contributed by atoms with Crippen molar-refractivity contribution in [2.45, 2.75) is 39.7 Å². The highest BCUT2D eigenvalue weighted by Gasteiger charge is 2.19. The van der Waals surface area contributed by atoms with Gasteiger partial charge < -0.3 is 5.32 Å². The molecule has 2 heteroatoms. The van der Waals surface area contributed by atoms with Gasteiger partial charge in [-0.3, -0.25) is 0 Å². The summed E-state index contributed by atoms with van der Waals surface area (Å²) >= 11 is 3.67. The summed E-state index contributed by atoms with van der Waals surface area (Å²) in [5, 5.41) is 6.39. The van der Waals surface area contributed by atoms with Gasteiger partial charge in [0, 0.05) is 10.5 Å². The van der Waals surface area contributed by atoms with E-state index < -0.39 is 0 Å². The second kappa shape index (κ2) is 7.24. The minimum atomic E-state index is 0.429. The average molecular weight is 334 g/mol. The van der Waals surface area contributed by atoms with Gasteiger partial charge in [-0.05, 0) is 41.3 Å². The monoisotopic (exact) mass is 333 g/mol. The zero-order valence-corrected chi connectivity index (χ0v) is 14.2. The summed E-state index contributed by atoms with van der Waals surface area (Å²) in [5.74, 6) is 0.631. The topological polar surface area (TPSA) is 12.0 Å². The second-order valence-electron chi connectivity index (χ2n) is 5.50. The number of halogens is 1. The Morgan fingerprint density at radius 3 is 2.40 bits per heavy atom. The summed E-state index contributed by atoms with van der Waals surface area (Å²) in [6.45, 7) is 7.90. The molecule has 2 atom stereocenters. The van der Waals surface area contributed by atoms with Gasteiger partial charge in [0.05, 0.1) is 0 Å². The number of nitrogens with one attached hydrogen (secondary N) is 1. The molecule has 2 unspecified atom stereocenters. The third-order valence-corrected chi connectivity index (χ3v) is 4.76. The van der Waals surface area contributed by atoms with Gasteiger partial charge in [0.25, 0.3) is 0 Å². The maximum absolute atomic E-state index is 3.73. The summed E-state index contributed by atoms with van der Waals surface area (Å²) in [4.78, 5) is 0. The molecule has 1 N–H and O–H groups in total. The first-order valence-corrected chi connectivity index (χ1v) is 8.38. The van der Waals surface area contributed by atoms with Crippen molar-refractivity contribution in [2.24, 2.45) is 5.92 Å². The van der Waals surface area contributed by atoms with Crippen molar-refractivity contribution in [3.05, 3.63) is 46.4 Å². The van der Waals surface area contributed by atoms with E-state index in [1.165, 1.54) is 33.7 Å². The Hall–Kier alpha value is -0.860. The molecule has 1 nitrogen and oxygen atoms in total. The van der Waals surface area contributed by atoms with Crippen molar-refractivity contribution >= 4 is 26.7 Å². The first-order chi connectivity index (χ1) is 9.69. The summed E-state index contributed by atoms with van der Waals surface area (Å²) in [5.41, 5.74) is 1.42. The lowest BCUT2D eigenvalue weighted by molar-refractivity contribution is 0.379. The quantitative estimate of drug-likeness (QED) is 0.716. The summed E-state index contributed by atoms with van der Waals surface area (Å²) in [6.07, 6.45) is 2.35. The number of fused-ring (bicyclic) bond motifs is 1. The molecule has 2 rings (SSSR count). The smallest absolute Gasteiger partial charge is 0.0352 e. The highest BCUT2D eigenvalue weighted by Crippen LogP contribution is 2.34. The Bertz CT molecular complexity index is 564. The van der Waals surface area contributed by atoms with E-state index in [-0.39, 0.29) is 0 Å². The first-order valence-electron chi connectivity index (χ1n) is 7.59. The maximum atomic E-state index is 3.73. The lowest BCUT2D eigenvalue weighted by atomic mass is 9.89. The molecule has 0 amide bonds. The minimum absolute atomic E-state index is 0.429. The van der Waals surface area contributed by atoms with Crippen LogP contribution in [-0.2, 0) is 0 Å². The summed E-state index contributed by atoms with van der Waals surface area (Å²) in [6, 6.07) is 13.5. The Morgan fingerprint density at radius 2 is 1.75 bits per heavy atom. The van der Waals surface area contributed by atoms with E-state index in [2.05, 4.69) is 78.4 Å². The first kappa shape index (κ1) is 15.5. The Balaban J connectivity index is 2.50. The van der Waals surface area contributed by atoms with Crippen molar-refractivity contribution in [3.8, 4) is 0 Å². The molecular weight excluding hydrogens is 310 g/mol. The summed E-state index contributed by atoms with van der Waals surface area (Å²) < 4.78 is 1.18. The van der Waals surface area contributed by atoms with Crippen LogP contribution in [0, 0.1) is 5.92 Å². The molecule has 0 aliphatic rings. The second-order valence-corrected chi connectivity index (χ2v) is 6.35. The van der Waals surface area contributed by atoms with Gasteiger partial charge in [-0.25, -0.2) is 0 Å². The zero-order chi connectivity index (χ0) is 14.5. The predicted octanol–water partition coefficient (Wildman–Crippen LogP) is 5.69. The molecular formula is C18H24BrN. The Labute approximate surface area is 130 Å². The largest absolute Gasteiger partial charge is 0.310 e. The number of hydrogen-bond donors (Lipinski definition) is 1. The number of rotatable bonds is 6. The average Bonchev–Trinajstić information content (AvgIpc) is 2.49. The molecule has 0 spiro atoms. The molecule has 0 aromatic heterocycles. The van der Waals surface area contributed by atoms with Crippen LogP contribution >= 0.6 is 15.9 Å². The van der Waals surface area contributed by atoms with Crippen molar-refractivity contribution in [2.75, 3.05) is 6.54 Å². The molecule has 0 saturated heterocycles. The van der Waals surface area contributed by atoms with Crippen molar-refractivity contribution in [1.82, 2.24) is 5.32 Å². The molecule has 0 heterocycles. The SMILES string of the molecule is CCCNC(c1ccc(Br)c2ccccc12)C(C)CC. The van der Waals surface area contributed by atoms with Crippen molar-refractivity contribution in [1.29, 1.82) is 0 Å². The third kappa shape index (κ3) is 3.24. The van der Waals surface area contributed by atoms with Gasteiger partial charge in [-0.2, -0.15) is 0 Å². The van der Waals surface area contributed by atoms with Crippen LogP contribution in [0.5, 0.6) is 0 Å². The maximum Gasteiger partial charge on any atom is 0.0352 e. The highest BCUT2D eigenvalue weighted by atomic mass is 79.9. The van der Waals surface area contributed by atoms with Crippen LogP contribution < -0.4 is 5.32 Å². The number of benzene rings is 2. The predicted molar refractivity (Wildman–Crippen MR) is 92.1 cm³/mol. The van der Waals surface area contributed by atoms with E-state index >= 15 is 0 Å². The molecule has 0 radical (unpaired) electrons. The Kier molecular flexibility index (Phi) is 5.62. The third-order valence-electron chi connectivity index (χ3n) is 4.07. The van der Waals surface area contributed by atoms with Gasteiger partial charge in [-0.1, -0.05) is 73.5 Å². The van der Waals surface area contributed by atoms with Crippen LogP contribution in [0.4, 0.5) is 0 Å². The molecule has 0 bridgehead atoms. The van der Waals surface area contributed by atoms with Crippen molar-refractivity contribution < 1.29 is 0 Å². The minimum Gasteiger partial charge on any atom is -0.310 e. The zero-order valence-electron chi connectivity index (χ0n) is 12.6. The van der Waals surface area contributed by atoms with Gasteiger partial charge >= 0.3 is 0 Å². The fourth-order valence-electron chi connectivity index (χ4n) is 2.71. The van der Waals surface area contributed by atoms with E-state index in [4.69, 9.17) is 0 Å². The van der Waals surface area contributed by atoms with Crippen LogP contribution in [0.25, 0.3) is 10.8 Å². The molecule has 0 aliphatic carbocycles. The summed E-state index contributed by atoms with van der Waals surface area (Å²) in [7, 11) is 0. The van der Waals surface area contributed by atoms with E-state index in [0.29, 0.717) is 12.0 Å². The molecule has 2 aromatic rings. The number of hydrogen-bond acceptors (Lipinski definition) is 1. The van der Waals surface area contributed by atoms with Gasteiger partial charge in [-0.15, -0.1) is 0 Å². The normalized spacial score (nSPS) is 14.4. The Morgan fingerprint density at radius 1 is 1.05 bits per heavy atom.